The van der Waals surface area contributed by atoms with Gasteiger partial charge in [-0.3, -0.25) is 4.79 Å². The highest BCUT2D eigenvalue weighted by Crippen LogP contribution is 2.27. The molecule has 1 aliphatic rings. The predicted molar refractivity (Wildman–Crippen MR) is 101 cm³/mol. The number of hydrogen-bond acceptors (Lipinski definition) is 5. The first-order valence-electron chi connectivity index (χ1n) is 7.73. The van der Waals surface area contributed by atoms with E-state index in [9.17, 15) is 13.2 Å². The second-order valence-electron chi connectivity index (χ2n) is 5.60. The standard InChI is InChI=1S/C16H15BrClN3O4S/c17-15-8-5-12(25-15)10-19-20-16(22)14-2-1-9-21(14)26(23,24)13-6-3-11(18)4-7-13/h3-8,10,14H,1-2,9H2,(H,20,22)/t14-/m1/s1. The number of amides is 1. The zero-order valence-electron chi connectivity index (χ0n) is 13.4. The number of rotatable bonds is 5. The molecule has 1 amide bonds. The summed E-state index contributed by atoms with van der Waals surface area (Å²) in [6, 6.07) is 8.43. The number of hydrogen-bond donors (Lipinski definition) is 1. The Hall–Kier alpha value is -1.68. The smallest absolute Gasteiger partial charge is 0.258 e. The van der Waals surface area contributed by atoms with Crippen LogP contribution < -0.4 is 5.43 Å². The highest BCUT2D eigenvalue weighted by molar-refractivity contribution is 9.10. The quantitative estimate of drug-likeness (QED) is 0.548. The fourth-order valence-corrected chi connectivity index (χ4v) is 4.77. The Morgan fingerprint density at radius 2 is 2.04 bits per heavy atom. The number of hydrazone groups is 1. The SMILES string of the molecule is O=C(NN=Cc1ccc(Br)o1)[C@H]1CCCN1S(=O)(=O)c1ccc(Cl)cc1. The number of sulfonamides is 1. The van der Waals surface area contributed by atoms with E-state index in [1.807, 2.05) is 0 Å². The van der Waals surface area contributed by atoms with Crippen LogP contribution in [0.25, 0.3) is 0 Å². The van der Waals surface area contributed by atoms with E-state index in [0.717, 1.165) is 0 Å². The van der Waals surface area contributed by atoms with Gasteiger partial charge in [0.1, 0.15) is 11.8 Å². The third-order valence-corrected chi connectivity index (χ3v) is 6.49. The Morgan fingerprint density at radius 1 is 1.31 bits per heavy atom. The van der Waals surface area contributed by atoms with Crippen LogP contribution in [0.15, 0.2) is 55.5 Å². The van der Waals surface area contributed by atoms with E-state index in [2.05, 4.69) is 26.5 Å². The Morgan fingerprint density at radius 3 is 2.69 bits per heavy atom. The first kappa shape index (κ1) is 19.1. The van der Waals surface area contributed by atoms with E-state index >= 15 is 0 Å². The van der Waals surface area contributed by atoms with Crippen molar-refractivity contribution in [1.82, 2.24) is 9.73 Å². The van der Waals surface area contributed by atoms with Gasteiger partial charge in [0.2, 0.25) is 10.0 Å². The normalized spacial score (nSPS) is 18.5. The van der Waals surface area contributed by atoms with Gasteiger partial charge in [0, 0.05) is 11.6 Å². The van der Waals surface area contributed by atoms with Gasteiger partial charge in [-0.15, -0.1) is 0 Å². The number of carbonyl (C=O) groups excluding carboxylic acids is 1. The Labute approximate surface area is 164 Å². The highest BCUT2D eigenvalue weighted by atomic mass is 79.9. The third kappa shape index (κ3) is 4.17. The molecule has 26 heavy (non-hydrogen) atoms. The van der Waals surface area contributed by atoms with E-state index in [-0.39, 0.29) is 11.4 Å². The number of nitrogens with zero attached hydrogens (tertiary/aromatic N) is 2. The molecule has 7 nitrogen and oxygen atoms in total. The molecule has 0 radical (unpaired) electrons. The molecule has 10 heteroatoms. The number of halogens is 2. The largest absolute Gasteiger partial charge is 0.448 e. The molecule has 0 aliphatic carbocycles. The molecular formula is C16H15BrClN3O4S. The Kier molecular flexibility index (Phi) is 5.81. The van der Waals surface area contributed by atoms with Crippen molar-refractivity contribution in [2.75, 3.05) is 6.54 Å². The summed E-state index contributed by atoms with van der Waals surface area (Å²) >= 11 is 8.98. The third-order valence-electron chi connectivity index (χ3n) is 3.89. The maximum Gasteiger partial charge on any atom is 0.258 e. The summed E-state index contributed by atoms with van der Waals surface area (Å²) in [5, 5.41) is 4.27. The lowest BCUT2D eigenvalue weighted by molar-refractivity contribution is -0.124. The minimum atomic E-state index is -3.79. The van der Waals surface area contributed by atoms with Crippen LogP contribution in [0.2, 0.25) is 5.02 Å². The van der Waals surface area contributed by atoms with Gasteiger partial charge in [-0.2, -0.15) is 9.41 Å². The number of furan rings is 1. The summed E-state index contributed by atoms with van der Waals surface area (Å²) in [7, 11) is -3.79. The summed E-state index contributed by atoms with van der Waals surface area (Å²) in [6.07, 6.45) is 2.37. The molecular weight excluding hydrogens is 446 g/mol. The lowest BCUT2D eigenvalue weighted by atomic mass is 10.2. The van der Waals surface area contributed by atoms with Crippen LogP contribution in [-0.4, -0.2) is 37.4 Å². The van der Waals surface area contributed by atoms with Crippen LogP contribution in [0.4, 0.5) is 0 Å². The number of carbonyl (C=O) groups is 1. The maximum atomic E-state index is 12.8. The van der Waals surface area contributed by atoms with Crippen LogP contribution in [0, 0.1) is 0 Å². The lowest BCUT2D eigenvalue weighted by Crippen LogP contribution is -2.44. The molecule has 0 spiro atoms. The molecule has 1 aliphatic heterocycles. The summed E-state index contributed by atoms with van der Waals surface area (Å²) in [5.74, 6) is -0.0313. The van der Waals surface area contributed by atoms with Crippen LogP contribution in [0.3, 0.4) is 0 Å². The molecule has 2 heterocycles. The molecule has 138 valence electrons. The first-order chi connectivity index (χ1) is 12.4. The van der Waals surface area contributed by atoms with Crippen molar-refractivity contribution in [2.45, 2.75) is 23.8 Å². The van der Waals surface area contributed by atoms with E-state index in [0.29, 0.717) is 28.3 Å². The molecule has 1 aromatic carbocycles. The first-order valence-corrected chi connectivity index (χ1v) is 10.3. The van der Waals surface area contributed by atoms with Crippen LogP contribution in [0.1, 0.15) is 18.6 Å². The number of nitrogens with one attached hydrogen (secondary N) is 1. The van der Waals surface area contributed by atoms with Crippen LogP contribution in [-0.2, 0) is 14.8 Å². The summed E-state index contributed by atoms with van der Waals surface area (Å²) in [6.45, 7) is 0.276. The monoisotopic (exact) mass is 459 g/mol. The molecule has 1 fully saturated rings. The Balaban J connectivity index is 1.71. The summed E-state index contributed by atoms with van der Waals surface area (Å²) in [5.41, 5.74) is 2.37. The molecule has 1 N–H and O–H groups in total. The van der Waals surface area contributed by atoms with Crippen LogP contribution >= 0.6 is 27.5 Å². The summed E-state index contributed by atoms with van der Waals surface area (Å²) < 4.78 is 32.6. The van der Waals surface area contributed by atoms with Crippen molar-refractivity contribution in [3.05, 3.63) is 51.9 Å². The minimum Gasteiger partial charge on any atom is -0.448 e. The predicted octanol–water partition coefficient (Wildman–Crippen LogP) is 3.00. The van der Waals surface area contributed by atoms with Crippen molar-refractivity contribution < 1.29 is 17.6 Å². The molecule has 3 rings (SSSR count). The van der Waals surface area contributed by atoms with Gasteiger partial charge >= 0.3 is 0 Å². The average Bonchev–Trinajstić information content (AvgIpc) is 3.24. The van der Waals surface area contributed by atoms with Gasteiger partial charge in [-0.25, -0.2) is 13.8 Å². The Bertz CT molecular complexity index is 927. The highest BCUT2D eigenvalue weighted by Gasteiger charge is 2.39. The van der Waals surface area contributed by atoms with Gasteiger partial charge in [0.05, 0.1) is 11.1 Å². The molecule has 1 atom stereocenters. The second kappa shape index (κ2) is 7.91. The molecule has 1 aromatic heterocycles. The molecule has 1 saturated heterocycles. The van der Waals surface area contributed by atoms with Gasteiger partial charge in [0.25, 0.3) is 5.91 Å². The minimum absolute atomic E-state index is 0.102. The maximum absolute atomic E-state index is 12.8. The van der Waals surface area contributed by atoms with Crippen molar-refractivity contribution in [3.63, 3.8) is 0 Å². The van der Waals surface area contributed by atoms with E-state index in [1.165, 1.54) is 34.8 Å². The number of benzene rings is 1. The fourth-order valence-electron chi connectivity index (χ4n) is 2.66. The molecule has 2 aromatic rings. The van der Waals surface area contributed by atoms with Crippen LogP contribution in [0.5, 0.6) is 0 Å². The van der Waals surface area contributed by atoms with Gasteiger partial charge in [-0.05, 0) is 65.2 Å². The zero-order valence-corrected chi connectivity index (χ0v) is 16.6. The van der Waals surface area contributed by atoms with Gasteiger partial charge in [0.15, 0.2) is 4.67 Å². The average molecular weight is 461 g/mol. The second-order valence-corrected chi connectivity index (χ2v) is 8.71. The topological polar surface area (TPSA) is 92.0 Å². The van der Waals surface area contributed by atoms with Crippen molar-refractivity contribution >= 4 is 49.7 Å². The van der Waals surface area contributed by atoms with Gasteiger partial charge in [-0.1, -0.05) is 11.6 Å². The van der Waals surface area contributed by atoms with E-state index in [4.69, 9.17) is 16.0 Å². The van der Waals surface area contributed by atoms with Gasteiger partial charge < -0.3 is 4.42 Å². The van der Waals surface area contributed by atoms with E-state index in [1.54, 1.807) is 12.1 Å². The van der Waals surface area contributed by atoms with E-state index < -0.39 is 22.0 Å². The molecule has 0 bridgehead atoms. The lowest BCUT2D eigenvalue weighted by Gasteiger charge is -2.22. The zero-order chi connectivity index (χ0) is 18.7. The van der Waals surface area contributed by atoms with Crippen molar-refractivity contribution in [2.24, 2.45) is 5.10 Å². The summed E-state index contributed by atoms with van der Waals surface area (Å²) in [4.78, 5) is 12.5. The van der Waals surface area contributed by atoms with Crippen molar-refractivity contribution in [1.29, 1.82) is 0 Å². The van der Waals surface area contributed by atoms with Crippen molar-refractivity contribution in [3.8, 4) is 0 Å². The molecule has 0 unspecified atom stereocenters. The fraction of sp³-hybridized carbons (Fsp3) is 0.250. The molecule has 0 saturated carbocycles.